The molecule has 2 aliphatic heterocycles. The maximum absolute atomic E-state index is 9.81. The molecule has 1 N–H and O–H groups in total. The predicted octanol–water partition coefficient (Wildman–Crippen LogP) is 2.23. The number of ether oxygens (including phenoxy) is 2. The van der Waals surface area contributed by atoms with Crippen molar-refractivity contribution in [3.8, 4) is 18.2 Å². The van der Waals surface area contributed by atoms with Crippen molar-refractivity contribution in [3.63, 3.8) is 0 Å². The van der Waals surface area contributed by atoms with Crippen LogP contribution in [0.3, 0.4) is 0 Å². The summed E-state index contributed by atoms with van der Waals surface area (Å²) < 4.78 is 11.5. The maximum Gasteiger partial charge on any atom is 0.217 e. The smallest absolute Gasteiger partial charge is 0.217 e. The third-order valence-electron chi connectivity index (χ3n) is 5.22. The average molecular weight is 284 g/mol. The van der Waals surface area contributed by atoms with Gasteiger partial charge >= 0.3 is 0 Å². The second-order valence-corrected chi connectivity index (χ2v) is 6.09. The molecule has 3 fully saturated rings. The van der Waals surface area contributed by atoms with Crippen molar-refractivity contribution in [1.82, 2.24) is 0 Å². The number of nitrogens with one attached hydrogen (secondary N) is 1. The van der Waals surface area contributed by atoms with Crippen molar-refractivity contribution >= 4 is 5.90 Å². The van der Waals surface area contributed by atoms with Gasteiger partial charge in [-0.05, 0) is 12.8 Å². The number of rotatable bonds is 0. The molecule has 0 amide bonds. The number of nitrogens with zero attached hydrogens (tertiary/aromatic N) is 3. The molecule has 2 saturated heterocycles. The molecule has 2 bridgehead atoms. The minimum Gasteiger partial charge on any atom is -0.447 e. The zero-order valence-electron chi connectivity index (χ0n) is 11.7. The van der Waals surface area contributed by atoms with Crippen LogP contribution in [0.2, 0.25) is 0 Å². The van der Waals surface area contributed by atoms with Gasteiger partial charge < -0.3 is 9.47 Å². The summed E-state index contributed by atoms with van der Waals surface area (Å²) in [6.45, 7) is -0.174. The summed E-state index contributed by atoms with van der Waals surface area (Å²) in [6.07, 6.45) is 5.15. The second kappa shape index (κ2) is 4.45. The van der Waals surface area contributed by atoms with Crippen LogP contribution < -0.4 is 0 Å². The van der Waals surface area contributed by atoms with Crippen molar-refractivity contribution in [2.45, 2.75) is 44.3 Å². The van der Waals surface area contributed by atoms with E-state index in [1.807, 2.05) is 12.1 Å². The van der Waals surface area contributed by atoms with Crippen LogP contribution in [-0.2, 0) is 9.47 Å². The average Bonchev–Trinajstić information content (AvgIpc) is 2.64. The lowest BCUT2D eigenvalue weighted by Crippen LogP contribution is -2.58. The van der Waals surface area contributed by atoms with Crippen LogP contribution in [0.25, 0.3) is 0 Å². The van der Waals surface area contributed by atoms with Crippen molar-refractivity contribution in [3.05, 3.63) is 0 Å². The van der Waals surface area contributed by atoms with Crippen LogP contribution in [-0.4, -0.2) is 18.3 Å². The van der Waals surface area contributed by atoms with E-state index >= 15 is 0 Å². The van der Waals surface area contributed by atoms with E-state index in [0.717, 1.165) is 25.7 Å². The van der Waals surface area contributed by atoms with Crippen molar-refractivity contribution < 1.29 is 9.47 Å². The Morgan fingerprint density at radius 3 is 2.43 bits per heavy atom. The topological polar surface area (TPSA) is 114 Å². The molecular formula is C15H16N4O2. The Balaban J connectivity index is 2.19. The van der Waals surface area contributed by atoms with Crippen molar-refractivity contribution in [2.75, 3.05) is 6.61 Å². The maximum atomic E-state index is 9.81. The Morgan fingerprint density at radius 1 is 1.05 bits per heavy atom. The van der Waals surface area contributed by atoms with E-state index in [1.54, 1.807) is 0 Å². The van der Waals surface area contributed by atoms with Gasteiger partial charge in [0.1, 0.15) is 0 Å². The predicted molar refractivity (Wildman–Crippen MR) is 70.4 cm³/mol. The Labute approximate surface area is 123 Å². The van der Waals surface area contributed by atoms with Crippen LogP contribution in [0.4, 0.5) is 0 Å². The second-order valence-electron chi connectivity index (χ2n) is 6.09. The molecule has 0 aromatic rings. The van der Waals surface area contributed by atoms with E-state index in [1.165, 1.54) is 0 Å². The quantitative estimate of drug-likeness (QED) is 0.732. The molecule has 0 aromatic heterocycles. The van der Waals surface area contributed by atoms with Crippen LogP contribution >= 0.6 is 0 Å². The standard InChI is InChI=1S/C15H16N4O2/c16-7-13(8-17)10-20-15-6-4-2-1-3-5-11(15)14(13,9-18)12(19)21-15/h11,19H,1-6,10H2. The fourth-order valence-corrected chi connectivity index (χ4v) is 4.08. The Hall–Kier alpha value is -2.10. The van der Waals surface area contributed by atoms with Crippen molar-refractivity contribution in [1.29, 1.82) is 21.2 Å². The molecule has 3 unspecified atom stereocenters. The summed E-state index contributed by atoms with van der Waals surface area (Å²) in [5.74, 6) is -1.68. The highest BCUT2D eigenvalue weighted by atomic mass is 16.7. The molecule has 21 heavy (non-hydrogen) atoms. The van der Waals surface area contributed by atoms with Gasteiger partial charge in [0.25, 0.3) is 0 Å². The van der Waals surface area contributed by atoms with Gasteiger partial charge in [0.05, 0.1) is 30.7 Å². The molecule has 3 aliphatic rings. The van der Waals surface area contributed by atoms with Gasteiger partial charge in [0.2, 0.25) is 11.7 Å². The van der Waals surface area contributed by atoms with Gasteiger partial charge in [-0.1, -0.05) is 19.3 Å². The molecular weight excluding hydrogens is 268 g/mol. The molecule has 0 radical (unpaired) electrons. The summed E-state index contributed by atoms with van der Waals surface area (Å²) in [4.78, 5) is 0. The van der Waals surface area contributed by atoms with Gasteiger partial charge in [0.15, 0.2) is 10.8 Å². The molecule has 2 heterocycles. The summed E-state index contributed by atoms with van der Waals surface area (Å²) in [5, 5.41) is 37.1. The molecule has 108 valence electrons. The lowest BCUT2D eigenvalue weighted by Gasteiger charge is -2.46. The highest BCUT2D eigenvalue weighted by Crippen LogP contribution is 2.63. The number of nitriles is 3. The largest absolute Gasteiger partial charge is 0.447 e. The zero-order chi connectivity index (χ0) is 15.1. The van der Waals surface area contributed by atoms with Crippen LogP contribution in [0.15, 0.2) is 0 Å². The first-order valence-corrected chi connectivity index (χ1v) is 7.26. The first-order chi connectivity index (χ1) is 10.1. The summed E-state index contributed by atoms with van der Waals surface area (Å²) in [7, 11) is 0. The highest BCUT2D eigenvalue weighted by Gasteiger charge is 2.76. The molecule has 1 aliphatic carbocycles. The zero-order valence-corrected chi connectivity index (χ0v) is 11.7. The van der Waals surface area contributed by atoms with Crippen LogP contribution in [0, 0.1) is 56.2 Å². The molecule has 3 rings (SSSR count). The lowest BCUT2D eigenvalue weighted by atomic mass is 9.55. The fourth-order valence-electron chi connectivity index (χ4n) is 4.08. The first kappa shape index (κ1) is 13.9. The van der Waals surface area contributed by atoms with Crippen LogP contribution in [0.5, 0.6) is 0 Å². The van der Waals surface area contributed by atoms with E-state index in [0.29, 0.717) is 12.8 Å². The van der Waals surface area contributed by atoms with Gasteiger partial charge in [0, 0.05) is 6.42 Å². The Morgan fingerprint density at radius 2 is 1.76 bits per heavy atom. The number of hydrogen-bond acceptors (Lipinski definition) is 6. The molecule has 6 nitrogen and oxygen atoms in total. The van der Waals surface area contributed by atoms with Crippen LogP contribution in [0.1, 0.15) is 38.5 Å². The summed E-state index contributed by atoms with van der Waals surface area (Å²) in [5.41, 5.74) is -3.17. The third-order valence-corrected chi connectivity index (χ3v) is 5.22. The van der Waals surface area contributed by atoms with Crippen molar-refractivity contribution in [2.24, 2.45) is 16.7 Å². The van der Waals surface area contributed by atoms with E-state index in [2.05, 4.69) is 6.07 Å². The van der Waals surface area contributed by atoms with E-state index in [9.17, 15) is 15.8 Å². The minimum atomic E-state index is -1.66. The SMILES string of the molecule is N#CC1(C#N)COC23CCCCCCC2C1(C#N)C(=N)O3. The normalized spacial score (nSPS) is 40.4. The van der Waals surface area contributed by atoms with Gasteiger partial charge in [-0.15, -0.1) is 0 Å². The molecule has 0 spiro atoms. The Bertz CT molecular complexity index is 597. The fraction of sp³-hybridized carbons (Fsp3) is 0.733. The lowest BCUT2D eigenvalue weighted by molar-refractivity contribution is -0.254. The van der Waals surface area contributed by atoms with E-state index < -0.39 is 22.5 Å². The third kappa shape index (κ3) is 1.45. The molecule has 3 atom stereocenters. The Kier molecular flexibility index (Phi) is 2.94. The minimum absolute atomic E-state index is 0.174. The van der Waals surface area contributed by atoms with E-state index in [4.69, 9.17) is 14.9 Å². The van der Waals surface area contributed by atoms with Gasteiger partial charge in [-0.2, -0.15) is 15.8 Å². The first-order valence-electron chi connectivity index (χ1n) is 7.26. The number of hydrogen-bond donors (Lipinski definition) is 1. The monoisotopic (exact) mass is 284 g/mol. The van der Waals surface area contributed by atoms with E-state index in [-0.39, 0.29) is 12.5 Å². The van der Waals surface area contributed by atoms with Gasteiger partial charge in [-0.25, -0.2) is 0 Å². The summed E-state index contributed by atoms with van der Waals surface area (Å²) in [6, 6.07) is 6.03. The van der Waals surface area contributed by atoms with Gasteiger partial charge in [-0.3, -0.25) is 5.41 Å². The molecule has 0 aromatic carbocycles. The summed E-state index contributed by atoms with van der Waals surface area (Å²) >= 11 is 0. The molecule has 1 saturated carbocycles. The highest BCUT2D eigenvalue weighted by molar-refractivity contribution is 5.88. The molecule has 6 heteroatoms.